The van der Waals surface area contributed by atoms with Crippen molar-refractivity contribution in [1.82, 2.24) is 13.9 Å². The predicted molar refractivity (Wildman–Crippen MR) is 125 cm³/mol. The van der Waals surface area contributed by atoms with Crippen molar-refractivity contribution in [3.63, 3.8) is 0 Å². The van der Waals surface area contributed by atoms with E-state index in [0.717, 1.165) is 22.3 Å². The Labute approximate surface area is 184 Å². The molecule has 0 N–H and O–H groups in total. The largest absolute Gasteiger partial charge is 0.356 e. The lowest BCUT2D eigenvalue weighted by Gasteiger charge is -2.18. The highest BCUT2D eigenvalue weighted by molar-refractivity contribution is 5.78. The number of nitrogens with zero attached hydrogens (tertiary/aromatic N) is 3. The van der Waals surface area contributed by atoms with Crippen molar-refractivity contribution in [3.8, 4) is 22.5 Å². The van der Waals surface area contributed by atoms with Crippen molar-refractivity contribution in [2.45, 2.75) is 6.04 Å². The van der Waals surface area contributed by atoms with Gasteiger partial charge in [0, 0.05) is 0 Å². The Balaban J connectivity index is 1.73. The van der Waals surface area contributed by atoms with Crippen LogP contribution in [0.2, 0.25) is 0 Å². The lowest BCUT2D eigenvalue weighted by molar-refractivity contribution is 0.518. The molecule has 1 aliphatic carbocycles. The zero-order valence-corrected chi connectivity index (χ0v) is 17.1. The first-order valence-corrected chi connectivity index (χ1v) is 10.5. The summed E-state index contributed by atoms with van der Waals surface area (Å²) in [5.41, 5.74) is 4.60. The van der Waals surface area contributed by atoms with Gasteiger partial charge in [0.1, 0.15) is 6.04 Å². The van der Waals surface area contributed by atoms with Crippen LogP contribution < -0.4 is 11.4 Å². The molecule has 0 aliphatic heterocycles. The maximum absolute atomic E-state index is 13.9. The molecule has 0 spiro atoms. The molecular weight excluding hydrogens is 398 g/mol. The number of benzene rings is 4. The molecule has 4 aromatic carbocycles. The Kier molecular flexibility index (Phi) is 4.08. The standard InChI is InChI=1S/C27H19N3O2/c31-26-28(19-11-3-1-4-12-19)27(32)30(29(26)20-13-5-2-6-14-20)25-23-17-9-7-15-21(23)22-16-8-10-18-24(22)25/h1-18,25H. The number of hydrogen-bond acceptors (Lipinski definition) is 2. The highest BCUT2D eigenvalue weighted by Gasteiger charge is 2.34. The molecule has 1 heterocycles. The third-order valence-corrected chi connectivity index (χ3v) is 6.04. The molecule has 0 unspecified atom stereocenters. The molecule has 1 aliphatic rings. The first-order valence-electron chi connectivity index (χ1n) is 10.5. The average molecular weight is 417 g/mol. The van der Waals surface area contributed by atoms with E-state index in [1.807, 2.05) is 84.9 Å². The summed E-state index contributed by atoms with van der Waals surface area (Å²) in [5, 5.41) is 0. The molecule has 0 radical (unpaired) electrons. The molecule has 0 saturated carbocycles. The van der Waals surface area contributed by atoms with Gasteiger partial charge in [0.2, 0.25) is 0 Å². The van der Waals surface area contributed by atoms with E-state index >= 15 is 0 Å². The van der Waals surface area contributed by atoms with Gasteiger partial charge in [0.15, 0.2) is 0 Å². The molecule has 154 valence electrons. The number of para-hydroxylation sites is 2. The van der Waals surface area contributed by atoms with Gasteiger partial charge in [-0.2, -0.15) is 4.68 Å². The summed E-state index contributed by atoms with van der Waals surface area (Å²) in [6.07, 6.45) is 0. The lowest BCUT2D eigenvalue weighted by Crippen LogP contribution is -2.30. The first-order chi connectivity index (χ1) is 15.8. The molecule has 5 aromatic rings. The Morgan fingerprint density at radius 3 is 1.53 bits per heavy atom. The molecule has 5 heteroatoms. The van der Waals surface area contributed by atoms with Crippen LogP contribution in [0.1, 0.15) is 17.2 Å². The van der Waals surface area contributed by atoms with Crippen LogP contribution in [0.3, 0.4) is 0 Å². The van der Waals surface area contributed by atoms with Crippen molar-refractivity contribution >= 4 is 0 Å². The summed E-state index contributed by atoms with van der Waals surface area (Å²) in [4.78, 5) is 27.6. The number of rotatable bonds is 3. The average Bonchev–Trinajstić information content (AvgIpc) is 3.31. The molecule has 1 aromatic heterocycles. The second kappa shape index (κ2) is 7.10. The van der Waals surface area contributed by atoms with Crippen LogP contribution in [0.15, 0.2) is 119 Å². The van der Waals surface area contributed by atoms with Crippen LogP contribution in [0.5, 0.6) is 0 Å². The summed E-state index contributed by atoms with van der Waals surface area (Å²) >= 11 is 0. The molecule has 0 bridgehead atoms. The fourth-order valence-electron chi connectivity index (χ4n) is 4.68. The van der Waals surface area contributed by atoms with Gasteiger partial charge in [0.05, 0.1) is 11.4 Å². The van der Waals surface area contributed by atoms with Crippen molar-refractivity contribution in [2.75, 3.05) is 0 Å². The van der Waals surface area contributed by atoms with Crippen LogP contribution in [0.4, 0.5) is 0 Å². The van der Waals surface area contributed by atoms with Crippen LogP contribution >= 0.6 is 0 Å². The quantitative estimate of drug-likeness (QED) is 0.428. The van der Waals surface area contributed by atoms with Crippen molar-refractivity contribution < 1.29 is 0 Å². The van der Waals surface area contributed by atoms with Gasteiger partial charge in [-0.25, -0.2) is 18.8 Å². The third-order valence-electron chi connectivity index (χ3n) is 6.04. The Bertz CT molecular complexity index is 1510. The van der Waals surface area contributed by atoms with E-state index in [1.165, 1.54) is 9.25 Å². The second-order valence-corrected chi connectivity index (χ2v) is 7.81. The van der Waals surface area contributed by atoms with Gasteiger partial charge in [-0.1, -0.05) is 84.9 Å². The van der Waals surface area contributed by atoms with Gasteiger partial charge in [-0.15, -0.1) is 0 Å². The van der Waals surface area contributed by atoms with Gasteiger partial charge in [0.25, 0.3) is 0 Å². The van der Waals surface area contributed by atoms with Crippen molar-refractivity contribution in [2.24, 2.45) is 0 Å². The lowest BCUT2D eigenvalue weighted by atomic mass is 10.1. The van der Waals surface area contributed by atoms with Gasteiger partial charge < -0.3 is 0 Å². The predicted octanol–water partition coefficient (Wildman–Crippen LogP) is 4.41. The molecule has 6 rings (SSSR count). The SMILES string of the molecule is O=c1n(-c2ccccc2)c(=O)n(C2c3ccccc3-c3ccccc32)n1-c1ccccc1. The second-order valence-electron chi connectivity index (χ2n) is 7.81. The van der Waals surface area contributed by atoms with E-state index in [4.69, 9.17) is 0 Å². The fraction of sp³-hybridized carbons (Fsp3) is 0.0370. The maximum Gasteiger partial charge on any atom is 0.356 e. The number of aromatic nitrogens is 3. The Morgan fingerprint density at radius 1 is 0.500 bits per heavy atom. The molecule has 32 heavy (non-hydrogen) atoms. The molecule has 0 fully saturated rings. The van der Waals surface area contributed by atoms with E-state index in [-0.39, 0.29) is 5.69 Å². The maximum atomic E-state index is 13.9. The normalized spacial score (nSPS) is 12.5. The van der Waals surface area contributed by atoms with Crippen LogP contribution in [0.25, 0.3) is 22.5 Å². The molecule has 0 atom stereocenters. The minimum absolute atomic E-state index is 0.374. The summed E-state index contributed by atoms with van der Waals surface area (Å²) in [6.45, 7) is 0. The van der Waals surface area contributed by atoms with E-state index < -0.39 is 11.7 Å². The Hall–Kier alpha value is -4.38. The highest BCUT2D eigenvalue weighted by atomic mass is 16.2. The van der Waals surface area contributed by atoms with Crippen molar-refractivity contribution in [1.29, 1.82) is 0 Å². The van der Waals surface area contributed by atoms with E-state index in [9.17, 15) is 9.59 Å². The number of fused-ring (bicyclic) bond motifs is 3. The molecule has 0 saturated heterocycles. The molecule has 0 amide bonds. The summed E-state index contributed by atoms with van der Waals surface area (Å²) in [5.74, 6) is 0. The third kappa shape index (κ3) is 2.58. The van der Waals surface area contributed by atoms with Gasteiger partial charge >= 0.3 is 11.4 Å². The molecular formula is C27H19N3O2. The minimum atomic E-state index is -0.409. The van der Waals surface area contributed by atoms with Crippen LogP contribution in [0, 0.1) is 0 Å². The van der Waals surface area contributed by atoms with Gasteiger partial charge in [-0.3, -0.25) is 0 Å². The smallest absolute Gasteiger partial charge is 0.245 e. The highest BCUT2D eigenvalue weighted by Crippen LogP contribution is 2.44. The van der Waals surface area contributed by atoms with Gasteiger partial charge in [-0.05, 0) is 46.5 Å². The molecule has 5 nitrogen and oxygen atoms in total. The fourth-order valence-corrected chi connectivity index (χ4v) is 4.68. The van der Waals surface area contributed by atoms with E-state index in [1.54, 1.807) is 16.8 Å². The first kappa shape index (κ1) is 18.4. The zero-order chi connectivity index (χ0) is 21.7. The summed E-state index contributed by atoms with van der Waals surface area (Å²) in [6, 6.07) is 34.1. The number of hydrogen-bond donors (Lipinski definition) is 0. The monoisotopic (exact) mass is 417 g/mol. The summed E-state index contributed by atoms with van der Waals surface area (Å²) in [7, 11) is 0. The van der Waals surface area contributed by atoms with E-state index in [2.05, 4.69) is 12.1 Å². The summed E-state index contributed by atoms with van der Waals surface area (Å²) < 4.78 is 4.34. The Morgan fingerprint density at radius 2 is 0.969 bits per heavy atom. The van der Waals surface area contributed by atoms with E-state index in [0.29, 0.717) is 11.4 Å². The minimum Gasteiger partial charge on any atom is -0.245 e. The zero-order valence-electron chi connectivity index (χ0n) is 17.1. The van der Waals surface area contributed by atoms with Crippen LogP contribution in [-0.2, 0) is 0 Å². The topological polar surface area (TPSA) is 48.9 Å². The van der Waals surface area contributed by atoms with Crippen LogP contribution in [-0.4, -0.2) is 13.9 Å². The van der Waals surface area contributed by atoms with Crippen molar-refractivity contribution in [3.05, 3.63) is 141 Å².